The monoisotopic (exact) mass is 345 g/mol. The van der Waals surface area contributed by atoms with Crippen LogP contribution in [-0.4, -0.2) is 20.1 Å². The van der Waals surface area contributed by atoms with Gasteiger partial charge in [-0.15, -0.1) is 0 Å². The van der Waals surface area contributed by atoms with Gasteiger partial charge in [-0.1, -0.05) is 29.8 Å². The first kappa shape index (κ1) is 17.9. The van der Waals surface area contributed by atoms with Crippen LogP contribution >= 0.6 is 11.6 Å². The molecule has 0 aliphatic carbocycles. The summed E-state index contributed by atoms with van der Waals surface area (Å²) in [5, 5.41) is 3.58. The van der Waals surface area contributed by atoms with Gasteiger partial charge in [0.25, 0.3) is 0 Å². The summed E-state index contributed by atoms with van der Waals surface area (Å²) >= 11 is 5.83. The van der Waals surface area contributed by atoms with E-state index in [9.17, 15) is 4.79 Å². The number of benzene rings is 2. The number of amides is 1. The smallest absolute Gasteiger partial charge is 0.244 e. The zero-order valence-corrected chi connectivity index (χ0v) is 14.6. The van der Waals surface area contributed by atoms with E-state index < -0.39 is 0 Å². The first-order chi connectivity index (χ1) is 11.5. The van der Waals surface area contributed by atoms with Gasteiger partial charge in [0.15, 0.2) is 11.5 Å². The highest BCUT2D eigenvalue weighted by Gasteiger charge is 2.11. The molecular formula is C19H20ClNO3. The molecular weight excluding hydrogens is 326 g/mol. The third kappa shape index (κ3) is 4.77. The number of hydrogen-bond acceptors (Lipinski definition) is 3. The maximum Gasteiger partial charge on any atom is 0.244 e. The van der Waals surface area contributed by atoms with E-state index in [-0.39, 0.29) is 11.9 Å². The van der Waals surface area contributed by atoms with Crippen LogP contribution in [0.15, 0.2) is 48.5 Å². The Morgan fingerprint density at radius 2 is 1.75 bits per heavy atom. The SMILES string of the molecule is COc1ccc([C@@H](C)NC(=O)/C=C/c2ccc(Cl)cc2)cc1OC. The molecule has 0 aliphatic heterocycles. The van der Waals surface area contributed by atoms with E-state index in [1.165, 1.54) is 6.08 Å². The van der Waals surface area contributed by atoms with Crippen LogP contribution in [-0.2, 0) is 4.79 Å². The van der Waals surface area contributed by atoms with Crippen molar-refractivity contribution in [2.75, 3.05) is 14.2 Å². The highest BCUT2D eigenvalue weighted by Crippen LogP contribution is 2.29. The summed E-state index contributed by atoms with van der Waals surface area (Å²) in [6, 6.07) is 12.7. The standard InChI is InChI=1S/C19H20ClNO3/c1-13(15-7-10-17(23-2)18(12-15)24-3)21-19(22)11-6-14-4-8-16(20)9-5-14/h4-13H,1-3H3,(H,21,22)/b11-6+/t13-/m1/s1. The third-order valence-corrected chi connectivity index (χ3v) is 3.82. The lowest BCUT2D eigenvalue weighted by molar-refractivity contribution is -0.117. The van der Waals surface area contributed by atoms with E-state index >= 15 is 0 Å². The lowest BCUT2D eigenvalue weighted by atomic mass is 10.1. The molecule has 0 fully saturated rings. The zero-order chi connectivity index (χ0) is 17.5. The minimum absolute atomic E-state index is 0.160. The molecule has 0 radical (unpaired) electrons. The Bertz CT molecular complexity index is 726. The van der Waals surface area contributed by atoms with Gasteiger partial charge >= 0.3 is 0 Å². The van der Waals surface area contributed by atoms with E-state index in [1.807, 2.05) is 37.3 Å². The molecule has 5 heteroatoms. The van der Waals surface area contributed by atoms with Crippen molar-refractivity contribution in [2.24, 2.45) is 0 Å². The Labute approximate surface area is 147 Å². The predicted molar refractivity (Wildman–Crippen MR) is 96.6 cm³/mol. The molecule has 1 atom stereocenters. The van der Waals surface area contributed by atoms with Crippen LogP contribution in [0.2, 0.25) is 5.02 Å². The molecule has 24 heavy (non-hydrogen) atoms. The molecule has 0 heterocycles. The fraction of sp³-hybridized carbons (Fsp3) is 0.211. The van der Waals surface area contributed by atoms with Crippen LogP contribution in [0.25, 0.3) is 6.08 Å². The van der Waals surface area contributed by atoms with Crippen LogP contribution in [0, 0.1) is 0 Å². The summed E-state index contributed by atoms with van der Waals surface area (Å²) in [5.41, 5.74) is 1.84. The molecule has 0 aliphatic rings. The van der Waals surface area contributed by atoms with Gasteiger partial charge in [0, 0.05) is 11.1 Å². The van der Waals surface area contributed by atoms with Crippen LogP contribution < -0.4 is 14.8 Å². The van der Waals surface area contributed by atoms with Crippen molar-refractivity contribution in [1.82, 2.24) is 5.32 Å². The second kappa shape index (κ2) is 8.41. The first-order valence-electron chi connectivity index (χ1n) is 7.49. The van der Waals surface area contributed by atoms with E-state index in [4.69, 9.17) is 21.1 Å². The summed E-state index contributed by atoms with van der Waals surface area (Å²) in [4.78, 5) is 12.1. The number of nitrogens with one attached hydrogen (secondary N) is 1. The molecule has 0 bridgehead atoms. The van der Waals surface area contributed by atoms with Crippen molar-refractivity contribution in [3.05, 3.63) is 64.7 Å². The highest BCUT2D eigenvalue weighted by atomic mass is 35.5. The molecule has 0 spiro atoms. The van der Waals surface area contributed by atoms with Crippen molar-refractivity contribution >= 4 is 23.6 Å². The van der Waals surface area contributed by atoms with Crippen molar-refractivity contribution in [3.63, 3.8) is 0 Å². The Morgan fingerprint density at radius 1 is 1.08 bits per heavy atom. The van der Waals surface area contributed by atoms with Crippen molar-refractivity contribution in [3.8, 4) is 11.5 Å². The molecule has 0 aromatic heterocycles. The first-order valence-corrected chi connectivity index (χ1v) is 7.87. The number of halogens is 1. The Hall–Kier alpha value is -2.46. The third-order valence-electron chi connectivity index (χ3n) is 3.56. The van der Waals surface area contributed by atoms with Gasteiger partial charge in [-0.25, -0.2) is 0 Å². The lowest BCUT2D eigenvalue weighted by Gasteiger charge is -2.15. The number of carbonyl (C=O) groups is 1. The molecule has 1 amide bonds. The maximum absolute atomic E-state index is 12.1. The maximum atomic E-state index is 12.1. The number of hydrogen-bond donors (Lipinski definition) is 1. The van der Waals surface area contributed by atoms with Crippen LogP contribution in [0.4, 0.5) is 0 Å². The van der Waals surface area contributed by atoms with Crippen molar-refractivity contribution in [1.29, 1.82) is 0 Å². The summed E-state index contributed by atoms with van der Waals surface area (Å²) in [6.45, 7) is 1.91. The van der Waals surface area contributed by atoms with Gasteiger partial charge < -0.3 is 14.8 Å². The Morgan fingerprint density at radius 3 is 2.38 bits per heavy atom. The highest BCUT2D eigenvalue weighted by molar-refractivity contribution is 6.30. The van der Waals surface area contributed by atoms with E-state index in [0.29, 0.717) is 16.5 Å². The zero-order valence-electron chi connectivity index (χ0n) is 13.9. The van der Waals surface area contributed by atoms with E-state index in [0.717, 1.165) is 11.1 Å². The second-order valence-electron chi connectivity index (χ2n) is 5.23. The number of rotatable bonds is 6. The van der Waals surface area contributed by atoms with Gasteiger partial charge in [-0.2, -0.15) is 0 Å². The topological polar surface area (TPSA) is 47.6 Å². The molecule has 4 nitrogen and oxygen atoms in total. The summed E-state index contributed by atoms with van der Waals surface area (Å²) in [7, 11) is 3.17. The lowest BCUT2D eigenvalue weighted by Crippen LogP contribution is -2.24. The minimum Gasteiger partial charge on any atom is -0.493 e. The van der Waals surface area contributed by atoms with Gasteiger partial charge in [0.05, 0.1) is 20.3 Å². The molecule has 126 valence electrons. The number of carbonyl (C=O) groups excluding carboxylic acids is 1. The van der Waals surface area contributed by atoms with Crippen LogP contribution in [0.5, 0.6) is 11.5 Å². The predicted octanol–water partition coefficient (Wildman–Crippen LogP) is 4.25. The molecule has 2 aromatic rings. The van der Waals surface area contributed by atoms with Gasteiger partial charge in [-0.05, 0) is 48.4 Å². The molecule has 0 saturated carbocycles. The van der Waals surface area contributed by atoms with Crippen LogP contribution in [0.1, 0.15) is 24.1 Å². The van der Waals surface area contributed by atoms with Crippen molar-refractivity contribution < 1.29 is 14.3 Å². The number of ether oxygens (including phenoxy) is 2. The van der Waals surface area contributed by atoms with Crippen molar-refractivity contribution in [2.45, 2.75) is 13.0 Å². The molecule has 2 aromatic carbocycles. The largest absolute Gasteiger partial charge is 0.493 e. The molecule has 1 N–H and O–H groups in total. The van der Waals surface area contributed by atoms with Gasteiger partial charge in [-0.3, -0.25) is 4.79 Å². The van der Waals surface area contributed by atoms with Gasteiger partial charge in [0.1, 0.15) is 0 Å². The summed E-state index contributed by atoms with van der Waals surface area (Å²) in [6.07, 6.45) is 3.24. The normalized spacial score (nSPS) is 12.0. The Kier molecular flexibility index (Phi) is 6.27. The molecule has 2 rings (SSSR count). The average molecular weight is 346 g/mol. The minimum atomic E-state index is -0.174. The molecule has 0 saturated heterocycles. The second-order valence-corrected chi connectivity index (χ2v) is 5.67. The fourth-order valence-electron chi connectivity index (χ4n) is 2.21. The van der Waals surface area contributed by atoms with Crippen LogP contribution in [0.3, 0.4) is 0 Å². The summed E-state index contributed by atoms with van der Waals surface area (Å²) < 4.78 is 10.5. The van der Waals surface area contributed by atoms with Gasteiger partial charge in [0.2, 0.25) is 5.91 Å². The summed E-state index contributed by atoms with van der Waals surface area (Å²) in [5.74, 6) is 1.11. The van der Waals surface area contributed by atoms with E-state index in [1.54, 1.807) is 32.4 Å². The average Bonchev–Trinajstić information content (AvgIpc) is 2.60. The molecule has 0 unspecified atom stereocenters. The number of methoxy groups -OCH3 is 2. The Balaban J connectivity index is 2.02. The quantitative estimate of drug-likeness (QED) is 0.796. The van der Waals surface area contributed by atoms with E-state index in [2.05, 4.69) is 5.32 Å². The fourth-order valence-corrected chi connectivity index (χ4v) is 2.34.